The van der Waals surface area contributed by atoms with Crippen LogP contribution in [0.1, 0.15) is 49.4 Å². The van der Waals surface area contributed by atoms with Crippen LogP contribution in [-0.2, 0) is 6.54 Å². The molecular weight excluding hydrogens is 533 g/mol. The van der Waals surface area contributed by atoms with Gasteiger partial charge in [-0.2, -0.15) is 4.68 Å². The first-order valence-corrected chi connectivity index (χ1v) is 14.0. The van der Waals surface area contributed by atoms with Crippen LogP contribution in [0, 0.1) is 30.5 Å². The SMILES string of the molecule is CC#Cc1cc2c(c(F)c1-c1c(O)cccc1Cl)OCCN(CC1CC3CCC(C1)N3C(=O)n1cc(C)nn1)C2. The van der Waals surface area contributed by atoms with Gasteiger partial charge in [-0.3, -0.25) is 4.90 Å². The van der Waals surface area contributed by atoms with Crippen molar-refractivity contribution in [3.63, 3.8) is 0 Å². The number of nitrogens with zero attached hydrogens (tertiary/aromatic N) is 5. The van der Waals surface area contributed by atoms with Gasteiger partial charge in [0, 0.05) is 54.0 Å². The Balaban J connectivity index is 1.22. The second kappa shape index (κ2) is 10.8. The summed E-state index contributed by atoms with van der Waals surface area (Å²) in [6, 6.07) is 6.85. The number of carbonyl (C=O) groups excluding carboxylic acids is 1. The summed E-state index contributed by atoms with van der Waals surface area (Å²) in [5.41, 5.74) is 2.27. The van der Waals surface area contributed by atoms with Gasteiger partial charge in [0.2, 0.25) is 0 Å². The van der Waals surface area contributed by atoms with Gasteiger partial charge < -0.3 is 14.7 Å². The normalized spacial score (nSPS) is 22.2. The number of aromatic hydroxyl groups is 1. The Morgan fingerprint density at radius 2 is 2.02 bits per heavy atom. The molecule has 0 spiro atoms. The smallest absolute Gasteiger partial charge is 0.346 e. The van der Waals surface area contributed by atoms with E-state index in [1.54, 1.807) is 25.3 Å². The largest absolute Gasteiger partial charge is 0.507 e. The van der Waals surface area contributed by atoms with Gasteiger partial charge in [0.05, 0.1) is 16.9 Å². The number of benzene rings is 2. The van der Waals surface area contributed by atoms with Crippen LogP contribution in [-0.4, -0.2) is 67.7 Å². The maximum atomic E-state index is 16.1. The second-order valence-corrected chi connectivity index (χ2v) is 11.3. The van der Waals surface area contributed by atoms with E-state index in [4.69, 9.17) is 16.3 Å². The highest BCUT2D eigenvalue weighted by atomic mass is 35.5. The van der Waals surface area contributed by atoms with E-state index in [0.717, 1.165) is 43.5 Å². The fourth-order valence-electron chi connectivity index (χ4n) is 6.62. The number of ether oxygens (including phenoxy) is 1. The molecule has 208 valence electrons. The van der Waals surface area contributed by atoms with Gasteiger partial charge >= 0.3 is 6.03 Å². The number of aryl methyl sites for hydroxylation is 1. The number of phenolic OH excluding ortho intramolecular Hbond substituents is 1. The number of halogens is 2. The standard InChI is InChI=1S/C30H31ClFN5O3/c1-3-5-20-14-21-17-35(10-11-40-29(21)28(32)26(20)27-24(31)6-4-7-25(27)38)16-19-12-22-8-9-23(13-19)37(22)30(39)36-15-18(2)33-34-36/h4,6-7,14-15,19,22-23,38H,8-13,16-17H2,1-2H3. The van der Waals surface area contributed by atoms with E-state index < -0.39 is 5.82 Å². The molecule has 1 N–H and O–H groups in total. The average Bonchev–Trinajstić information content (AvgIpc) is 3.39. The Morgan fingerprint density at radius 3 is 2.70 bits per heavy atom. The molecule has 2 atom stereocenters. The Morgan fingerprint density at radius 1 is 1.25 bits per heavy atom. The summed E-state index contributed by atoms with van der Waals surface area (Å²) in [7, 11) is 0. The van der Waals surface area contributed by atoms with Gasteiger partial charge in [0.1, 0.15) is 12.4 Å². The van der Waals surface area contributed by atoms with Crippen molar-refractivity contribution in [2.45, 2.75) is 58.2 Å². The van der Waals surface area contributed by atoms with Crippen molar-refractivity contribution in [3.8, 4) is 34.5 Å². The lowest BCUT2D eigenvalue weighted by Crippen LogP contribution is -2.50. The van der Waals surface area contributed by atoms with Crippen LogP contribution < -0.4 is 4.74 Å². The second-order valence-electron chi connectivity index (χ2n) is 10.9. The molecule has 2 unspecified atom stereocenters. The number of hydrogen-bond donors (Lipinski definition) is 1. The van der Waals surface area contributed by atoms with Crippen molar-refractivity contribution in [2.24, 2.45) is 5.92 Å². The number of piperidine rings is 1. The third-order valence-electron chi connectivity index (χ3n) is 8.22. The fraction of sp³-hybridized carbons (Fsp3) is 0.433. The minimum Gasteiger partial charge on any atom is -0.507 e. The molecule has 3 aliphatic rings. The lowest BCUT2D eigenvalue weighted by molar-refractivity contribution is 0.0971. The minimum atomic E-state index is -0.561. The number of hydrogen-bond acceptors (Lipinski definition) is 6. The summed E-state index contributed by atoms with van der Waals surface area (Å²) in [5, 5.41) is 18.7. The van der Waals surface area contributed by atoms with Gasteiger partial charge in [0.25, 0.3) is 0 Å². The number of phenols is 1. The third kappa shape index (κ3) is 4.80. The molecule has 6 rings (SSSR count). The van der Waals surface area contributed by atoms with Crippen LogP contribution in [0.4, 0.5) is 9.18 Å². The Hall–Kier alpha value is -3.61. The van der Waals surface area contributed by atoms with Crippen LogP contribution in [0.5, 0.6) is 11.5 Å². The first-order chi connectivity index (χ1) is 19.3. The van der Waals surface area contributed by atoms with Crippen molar-refractivity contribution < 1.29 is 19.0 Å². The highest BCUT2D eigenvalue weighted by Crippen LogP contribution is 2.44. The van der Waals surface area contributed by atoms with Gasteiger partial charge in [0.15, 0.2) is 11.6 Å². The van der Waals surface area contributed by atoms with E-state index in [9.17, 15) is 9.90 Å². The quantitative estimate of drug-likeness (QED) is 0.439. The summed E-state index contributed by atoms with van der Waals surface area (Å²) in [6.45, 7) is 5.87. The molecule has 40 heavy (non-hydrogen) atoms. The Labute approximate surface area is 237 Å². The first kappa shape index (κ1) is 26.6. The Kier molecular flexibility index (Phi) is 7.15. The summed E-state index contributed by atoms with van der Waals surface area (Å²) in [4.78, 5) is 17.4. The maximum Gasteiger partial charge on any atom is 0.346 e. The predicted molar refractivity (Wildman–Crippen MR) is 149 cm³/mol. The topological polar surface area (TPSA) is 83.7 Å². The molecule has 3 aromatic rings. The summed E-state index contributed by atoms with van der Waals surface area (Å²) in [5.74, 6) is 5.79. The van der Waals surface area contributed by atoms with Gasteiger partial charge in [-0.25, -0.2) is 9.18 Å². The average molecular weight is 564 g/mol. The minimum absolute atomic E-state index is 0.0935. The van der Waals surface area contributed by atoms with Crippen molar-refractivity contribution in [3.05, 3.63) is 58.1 Å². The maximum absolute atomic E-state index is 16.1. The zero-order valence-electron chi connectivity index (χ0n) is 22.5. The van der Waals surface area contributed by atoms with Crippen molar-refractivity contribution in [1.82, 2.24) is 24.8 Å². The summed E-state index contributed by atoms with van der Waals surface area (Å²) < 4.78 is 23.4. The van der Waals surface area contributed by atoms with Crippen LogP contribution in [0.15, 0.2) is 30.5 Å². The van der Waals surface area contributed by atoms with E-state index in [-0.39, 0.29) is 45.8 Å². The van der Waals surface area contributed by atoms with E-state index >= 15 is 4.39 Å². The van der Waals surface area contributed by atoms with E-state index in [1.807, 2.05) is 17.9 Å². The summed E-state index contributed by atoms with van der Waals surface area (Å²) >= 11 is 6.39. The van der Waals surface area contributed by atoms with Gasteiger partial charge in [-0.15, -0.1) is 11.0 Å². The molecule has 8 nitrogen and oxygen atoms in total. The molecule has 10 heteroatoms. The number of rotatable bonds is 3. The van der Waals surface area contributed by atoms with E-state index in [1.165, 1.54) is 10.7 Å². The molecule has 0 saturated carbocycles. The highest BCUT2D eigenvalue weighted by molar-refractivity contribution is 6.33. The number of aromatic nitrogens is 3. The molecule has 0 radical (unpaired) electrons. The number of fused-ring (bicyclic) bond motifs is 3. The summed E-state index contributed by atoms with van der Waals surface area (Å²) in [6.07, 6.45) is 5.51. The molecule has 3 aliphatic heterocycles. The van der Waals surface area contributed by atoms with Gasteiger partial charge in [-0.05, 0) is 63.6 Å². The lowest BCUT2D eigenvalue weighted by atomic mass is 9.90. The van der Waals surface area contributed by atoms with E-state index in [0.29, 0.717) is 31.2 Å². The molecule has 4 heterocycles. The Bertz CT molecular complexity index is 1500. The predicted octanol–water partition coefficient (Wildman–Crippen LogP) is 5.23. The molecule has 2 fully saturated rings. The monoisotopic (exact) mass is 563 g/mol. The molecule has 2 aromatic carbocycles. The van der Waals surface area contributed by atoms with Crippen LogP contribution in [0.25, 0.3) is 11.1 Å². The van der Waals surface area contributed by atoms with Crippen LogP contribution in [0.3, 0.4) is 0 Å². The fourth-order valence-corrected chi connectivity index (χ4v) is 6.89. The van der Waals surface area contributed by atoms with Crippen LogP contribution >= 0.6 is 11.6 Å². The zero-order chi connectivity index (χ0) is 28.0. The van der Waals surface area contributed by atoms with Gasteiger partial charge in [-0.1, -0.05) is 28.8 Å². The lowest BCUT2D eigenvalue weighted by Gasteiger charge is -2.40. The molecule has 2 bridgehead atoms. The molecule has 1 aromatic heterocycles. The first-order valence-electron chi connectivity index (χ1n) is 13.7. The third-order valence-corrected chi connectivity index (χ3v) is 8.53. The molecule has 0 aliphatic carbocycles. The van der Waals surface area contributed by atoms with Crippen LogP contribution in [0.2, 0.25) is 5.02 Å². The number of amides is 1. The molecule has 1 amide bonds. The van der Waals surface area contributed by atoms with E-state index in [2.05, 4.69) is 27.1 Å². The van der Waals surface area contributed by atoms with Crippen molar-refractivity contribution in [1.29, 1.82) is 0 Å². The molecule has 2 saturated heterocycles. The molecular formula is C30H31ClFN5O3. The number of carbonyl (C=O) groups is 1. The highest BCUT2D eigenvalue weighted by Gasteiger charge is 2.44. The van der Waals surface area contributed by atoms with Crippen molar-refractivity contribution in [2.75, 3.05) is 19.7 Å². The van der Waals surface area contributed by atoms with Crippen molar-refractivity contribution >= 4 is 17.6 Å². The zero-order valence-corrected chi connectivity index (χ0v) is 23.3.